The zero-order valence-corrected chi connectivity index (χ0v) is 17.4. The Hall–Kier alpha value is -1.84. The predicted molar refractivity (Wildman–Crippen MR) is 99.4 cm³/mol. The summed E-state index contributed by atoms with van der Waals surface area (Å²) in [5.41, 5.74) is -0.328. The van der Waals surface area contributed by atoms with Gasteiger partial charge in [0.15, 0.2) is 0 Å². The van der Waals surface area contributed by atoms with E-state index in [1.807, 2.05) is 0 Å². The van der Waals surface area contributed by atoms with E-state index < -0.39 is 38.5 Å². The summed E-state index contributed by atoms with van der Waals surface area (Å²) in [6.07, 6.45) is -0.689. The van der Waals surface area contributed by atoms with Crippen molar-refractivity contribution in [3.63, 3.8) is 0 Å². The molecule has 1 aromatic carbocycles. The lowest BCUT2D eigenvalue weighted by Gasteiger charge is -2.20. The summed E-state index contributed by atoms with van der Waals surface area (Å²) in [6, 6.07) is 3.74. The molecule has 0 bridgehead atoms. The third-order valence-corrected chi connectivity index (χ3v) is 5.13. The molecule has 0 fully saturated rings. The Morgan fingerprint density at radius 2 is 1.96 bits per heavy atom. The highest BCUT2D eigenvalue weighted by Gasteiger charge is 2.27. The fourth-order valence-electron chi connectivity index (χ4n) is 1.97. The fraction of sp³-hybridized carbons (Fsp3) is 0.438. The van der Waals surface area contributed by atoms with Gasteiger partial charge in [0.05, 0.1) is 5.75 Å². The normalized spacial score (nSPS) is 13.3. The number of nitrogens with zero attached hydrogens (tertiary/aromatic N) is 2. The zero-order valence-electron chi connectivity index (χ0n) is 15.1. The molecular weight excluding hydrogens is 417 g/mol. The van der Waals surface area contributed by atoms with Crippen LogP contribution in [0, 0.1) is 0 Å². The maximum absolute atomic E-state index is 12.5. The summed E-state index contributed by atoms with van der Waals surface area (Å²) in [7, 11) is -3.93. The minimum atomic E-state index is -3.93. The highest BCUT2D eigenvalue weighted by molar-refractivity contribution is 7.90. The summed E-state index contributed by atoms with van der Waals surface area (Å²) < 4.78 is 35.3. The van der Waals surface area contributed by atoms with Crippen LogP contribution in [-0.2, 0) is 20.3 Å². The second-order valence-electron chi connectivity index (χ2n) is 6.77. The topological polar surface area (TPSA) is 111 Å². The standard InChI is InChI=1S/C16H19Cl2N3O5S/c1-9(19-14(22)26-16(2,3)4)13-20-21-15(25-13)27(23,24)8-10-5-6-11(17)7-12(10)18/h5-7,9H,8H2,1-4H3,(H,19,22)/t9-/m1/s1. The number of sulfone groups is 1. The molecule has 0 saturated heterocycles. The van der Waals surface area contributed by atoms with Gasteiger partial charge >= 0.3 is 11.3 Å². The second kappa shape index (κ2) is 8.04. The molecule has 1 N–H and O–H groups in total. The first-order valence-electron chi connectivity index (χ1n) is 7.87. The smallest absolute Gasteiger partial charge is 0.408 e. The first kappa shape index (κ1) is 21.5. The average molecular weight is 436 g/mol. The van der Waals surface area contributed by atoms with Crippen LogP contribution >= 0.6 is 23.2 Å². The highest BCUT2D eigenvalue weighted by atomic mass is 35.5. The lowest BCUT2D eigenvalue weighted by molar-refractivity contribution is 0.0500. The minimum absolute atomic E-state index is 0.0679. The van der Waals surface area contributed by atoms with E-state index in [1.165, 1.54) is 18.2 Å². The molecule has 0 radical (unpaired) electrons. The molecule has 11 heteroatoms. The molecular formula is C16H19Cl2N3O5S. The molecule has 1 aromatic heterocycles. The third-order valence-electron chi connectivity index (χ3n) is 3.15. The van der Waals surface area contributed by atoms with Gasteiger partial charge in [0, 0.05) is 10.0 Å². The van der Waals surface area contributed by atoms with E-state index in [1.54, 1.807) is 27.7 Å². The van der Waals surface area contributed by atoms with Crippen molar-refractivity contribution in [2.45, 2.75) is 50.3 Å². The molecule has 148 valence electrons. The Kier molecular flexibility index (Phi) is 6.39. The van der Waals surface area contributed by atoms with Crippen LogP contribution in [0.3, 0.4) is 0 Å². The summed E-state index contributed by atoms with van der Waals surface area (Å²) in [6.45, 7) is 6.72. The highest BCUT2D eigenvalue weighted by Crippen LogP contribution is 2.25. The number of amides is 1. The van der Waals surface area contributed by atoms with Crippen molar-refractivity contribution in [2.75, 3.05) is 0 Å². The Morgan fingerprint density at radius 3 is 2.56 bits per heavy atom. The molecule has 27 heavy (non-hydrogen) atoms. The van der Waals surface area contributed by atoms with Crippen LogP contribution in [-0.4, -0.2) is 30.3 Å². The van der Waals surface area contributed by atoms with Gasteiger partial charge in [0.2, 0.25) is 15.7 Å². The van der Waals surface area contributed by atoms with Gasteiger partial charge in [0.1, 0.15) is 11.6 Å². The van der Waals surface area contributed by atoms with Crippen molar-refractivity contribution < 1.29 is 22.4 Å². The maximum Gasteiger partial charge on any atom is 0.408 e. The molecule has 2 aromatic rings. The fourth-order valence-corrected chi connectivity index (χ4v) is 3.69. The number of carbonyl (C=O) groups excluding carboxylic acids is 1. The van der Waals surface area contributed by atoms with Gasteiger partial charge in [-0.3, -0.25) is 0 Å². The van der Waals surface area contributed by atoms with E-state index in [4.69, 9.17) is 32.4 Å². The van der Waals surface area contributed by atoms with Crippen LogP contribution in [0.1, 0.15) is 45.2 Å². The SMILES string of the molecule is C[C@@H](NC(=O)OC(C)(C)C)c1nnc(S(=O)(=O)Cc2ccc(Cl)cc2Cl)o1. The zero-order chi connectivity index (χ0) is 20.4. The van der Waals surface area contributed by atoms with Gasteiger partial charge in [-0.1, -0.05) is 34.4 Å². The van der Waals surface area contributed by atoms with E-state index >= 15 is 0 Å². The van der Waals surface area contributed by atoms with Crippen LogP contribution in [0.25, 0.3) is 0 Å². The summed E-state index contributed by atoms with van der Waals surface area (Å²) in [5, 5.41) is 9.79. The van der Waals surface area contributed by atoms with Crippen molar-refractivity contribution in [3.8, 4) is 0 Å². The predicted octanol–water partition coefficient (Wildman–Crippen LogP) is 3.94. The van der Waals surface area contributed by atoms with E-state index in [9.17, 15) is 13.2 Å². The molecule has 0 spiro atoms. The monoisotopic (exact) mass is 435 g/mol. The lowest BCUT2D eigenvalue weighted by Crippen LogP contribution is -2.34. The number of hydrogen-bond acceptors (Lipinski definition) is 7. The van der Waals surface area contributed by atoms with E-state index in [0.717, 1.165) is 0 Å². The van der Waals surface area contributed by atoms with Gasteiger partial charge in [-0.15, -0.1) is 5.10 Å². The number of aromatic nitrogens is 2. The Balaban J connectivity index is 2.12. The molecule has 0 unspecified atom stereocenters. The quantitative estimate of drug-likeness (QED) is 0.756. The molecule has 1 heterocycles. The van der Waals surface area contributed by atoms with Crippen LogP contribution in [0.2, 0.25) is 10.0 Å². The first-order chi connectivity index (χ1) is 12.4. The molecule has 0 aliphatic carbocycles. The molecule has 1 atom stereocenters. The van der Waals surface area contributed by atoms with Crippen molar-refractivity contribution in [3.05, 3.63) is 39.7 Å². The summed E-state index contributed by atoms with van der Waals surface area (Å²) in [4.78, 5) is 11.8. The van der Waals surface area contributed by atoms with Gasteiger partial charge in [-0.25, -0.2) is 13.2 Å². The average Bonchev–Trinajstić information content (AvgIpc) is 2.99. The number of benzene rings is 1. The number of carbonyl (C=O) groups is 1. The second-order valence-corrected chi connectivity index (χ2v) is 9.48. The van der Waals surface area contributed by atoms with Crippen molar-refractivity contribution in [2.24, 2.45) is 0 Å². The molecule has 8 nitrogen and oxygen atoms in total. The van der Waals surface area contributed by atoms with E-state index in [2.05, 4.69) is 15.5 Å². The molecule has 0 saturated carbocycles. The molecule has 2 rings (SSSR count). The van der Waals surface area contributed by atoms with Crippen molar-refractivity contribution in [1.29, 1.82) is 0 Å². The Bertz CT molecular complexity index is 938. The largest absolute Gasteiger partial charge is 0.444 e. The Morgan fingerprint density at radius 1 is 1.30 bits per heavy atom. The van der Waals surface area contributed by atoms with E-state index in [0.29, 0.717) is 10.6 Å². The molecule has 0 aliphatic rings. The number of nitrogens with one attached hydrogen (secondary N) is 1. The van der Waals surface area contributed by atoms with Crippen LogP contribution in [0.5, 0.6) is 0 Å². The molecule has 0 aliphatic heterocycles. The number of halogens is 2. The number of ether oxygens (including phenoxy) is 1. The van der Waals surface area contributed by atoms with Gasteiger partial charge in [0.25, 0.3) is 0 Å². The lowest BCUT2D eigenvalue weighted by atomic mass is 10.2. The van der Waals surface area contributed by atoms with Gasteiger partial charge in [-0.2, -0.15) is 0 Å². The van der Waals surface area contributed by atoms with Gasteiger partial charge in [-0.05, 0) is 45.4 Å². The third kappa shape index (κ3) is 6.08. The Labute approximate surface area is 167 Å². The number of hydrogen-bond donors (Lipinski definition) is 1. The maximum atomic E-state index is 12.5. The van der Waals surface area contributed by atoms with E-state index in [-0.39, 0.29) is 10.9 Å². The molecule has 1 amide bonds. The summed E-state index contributed by atoms with van der Waals surface area (Å²) in [5.74, 6) is -0.500. The van der Waals surface area contributed by atoms with Crippen molar-refractivity contribution in [1.82, 2.24) is 15.5 Å². The van der Waals surface area contributed by atoms with Crippen LogP contribution in [0.15, 0.2) is 27.8 Å². The summed E-state index contributed by atoms with van der Waals surface area (Å²) >= 11 is 11.8. The van der Waals surface area contributed by atoms with Crippen LogP contribution < -0.4 is 5.32 Å². The van der Waals surface area contributed by atoms with Crippen LogP contribution in [0.4, 0.5) is 4.79 Å². The number of alkyl carbamates (subject to hydrolysis) is 1. The van der Waals surface area contributed by atoms with Crippen molar-refractivity contribution >= 4 is 39.1 Å². The van der Waals surface area contributed by atoms with Gasteiger partial charge < -0.3 is 14.5 Å². The number of rotatable bonds is 5. The minimum Gasteiger partial charge on any atom is -0.444 e. The first-order valence-corrected chi connectivity index (χ1v) is 10.3.